The van der Waals surface area contributed by atoms with Crippen LogP contribution in [0.3, 0.4) is 0 Å². The van der Waals surface area contributed by atoms with Crippen LogP contribution in [0.5, 0.6) is 0 Å². The molecule has 1 aliphatic carbocycles. The molecular weight excluding hydrogens is 450 g/mol. The third-order valence-corrected chi connectivity index (χ3v) is 7.66. The van der Waals surface area contributed by atoms with Crippen molar-refractivity contribution >= 4 is 60.0 Å². The molecule has 0 saturated carbocycles. The fourth-order valence-corrected chi connectivity index (χ4v) is 6.06. The number of benzene rings is 3. The van der Waals surface area contributed by atoms with Gasteiger partial charge in [0.1, 0.15) is 17.1 Å². The van der Waals surface area contributed by atoms with Gasteiger partial charge < -0.3 is 0 Å². The van der Waals surface area contributed by atoms with E-state index in [-0.39, 0.29) is 6.04 Å². The van der Waals surface area contributed by atoms with E-state index in [9.17, 15) is 0 Å². The highest BCUT2D eigenvalue weighted by molar-refractivity contribution is 7.23. The number of imidazole rings is 1. The van der Waals surface area contributed by atoms with Crippen LogP contribution in [0.4, 0.5) is 0 Å². The first kappa shape index (κ1) is 18.9. The van der Waals surface area contributed by atoms with Gasteiger partial charge in [0.15, 0.2) is 10.8 Å². The van der Waals surface area contributed by atoms with Gasteiger partial charge in [0.25, 0.3) is 0 Å². The first-order valence-corrected chi connectivity index (χ1v) is 12.4. The summed E-state index contributed by atoms with van der Waals surface area (Å²) in [4.78, 5) is 20.9. The van der Waals surface area contributed by atoms with Crippen molar-refractivity contribution in [3.63, 3.8) is 0 Å². The Morgan fingerprint density at radius 1 is 0.829 bits per heavy atom. The molecule has 164 valence electrons. The number of hydrogen-bond acceptors (Lipinski definition) is 5. The van der Waals surface area contributed by atoms with E-state index in [1.807, 2.05) is 24.3 Å². The summed E-state index contributed by atoms with van der Waals surface area (Å²) in [5.41, 5.74) is 8.03. The number of amidine groups is 1. The Labute approximate surface area is 204 Å². The maximum atomic E-state index is 5.17. The maximum absolute atomic E-state index is 5.17. The van der Waals surface area contributed by atoms with Gasteiger partial charge >= 0.3 is 0 Å². The minimum Gasteiger partial charge on any atom is -0.281 e. The number of para-hydroxylation sites is 2. The molecule has 1 aliphatic heterocycles. The smallest absolute Gasteiger partial charge is 0.195 e. The van der Waals surface area contributed by atoms with E-state index < -0.39 is 0 Å². The van der Waals surface area contributed by atoms with Crippen LogP contribution in [0.1, 0.15) is 5.56 Å². The third kappa shape index (κ3) is 2.74. The number of fused-ring (bicyclic) bond motifs is 8. The van der Waals surface area contributed by atoms with Gasteiger partial charge in [-0.25, -0.2) is 15.0 Å². The second kappa shape index (κ2) is 7.04. The highest BCUT2D eigenvalue weighted by Gasteiger charge is 2.23. The fourth-order valence-electron chi connectivity index (χ4n) is 5.03. The molecule has 0 saturated heterocycles. The molecule has 1 atom stereocenters. The van der Waals surface area contributed by atoms with Crippen LogP contribution in [-0.4, -0.2) is 32.0 Å². The van der Waals surface area contributed by atoms with Gasteiger partial charge in [0.05, 0.1) is 27.1 Å². The van der Waals surface area contributed by atoms with Crippen molar-refractivity contribution in [2.75, 3.05) is 0 Å². The molecule has 5 nitrogen and oxygen atoms in total. The zero-order valence-electron chi connectivity index (χ0n) is 18.5. The molecule has 0 spiro atoms. The molecule has 2 aliphatic rings. The lowest BCUT2D eigenvalue weighted by Gasteiger charge is -2.09. The Morgan fingerprint density at radius 3 is 2.69 bits per heavy atom. The first-order chi connectivity index (χ1) is 17.3. The third-order valence-electron chi connectivity index (χ3n) is 6.63. The van der Waals surface area contributed by atoms with E-state index in [0.29, 0.717) is 0 Å². The summed E-state index contributed by atoms with van der Waals surface area (Å²) >= 11 is 1.71. The van der Waals surface area contributed by atoms with E-state index in [1.165, 1.54) is 4.70 Å². The second-order valence-corrected chi connectivity index (χ2v) is 9.74. The van der Waals surface area contributed by atoms with E-state index >= 15 is 0 Å². The lowest BCUT2D eigenvalue weighted by atomic mass is 10.0. The Morgan fingerprint density at radius 2 is 1.71 bits per heavy atom. The molecule has 1 unspecified atom stereocenters. The zero-order valence-corrected chi connectivity index (χ0v) is 19.3. The van der Waals surface area contributed by atoms with Crippen LogP contribution < -0.4 is 0 Å². The fraction of sp³-hybridized carbons (Fsp3) is 0.0345. The minimum atomic E-state index is 0.00998. The van der Waals surface area contributed by atoms with Gasteiger partial charge in [-0.15, -0.1) is 0 Å². The van der Waals surface area contributed by atoms with Gasteiger partial charge in [-0.1, -0.05) is 78.1 Å². The Hall–Kier alpha value is -4.42. The van der Waals surface area contributed by atoms with Crippen LogP contribution in [0.25, 0.3) is 48.4 Å². The topological polar surface area (TPSA) is 54.9 Å². The molecule has 0 bridgehead atoms. The standard InChI is InChI=1S/C29H17N5S/c1-2-11-20-19(10-1)26-27(34-23-14-5-6-15-24(23)35-29(34)33-26)25(30-20)17-8-7-9-18(16-17)28-31-21-12-3-4-13-22(21)32-28/h1-16,21H. The predicted octanol–water partition coefficient (Wildman–Crippen LogP) is 6.61. The van der Waals surface area contributed by atoms with Crippen molar-refractivity contribution in [2.24, 2.45) is 9.98 Å². The Balaban J connectivity index is 1.42. The molecule has 3 aromatic heterocycles. The van der Waals surface area contributed by atoms with Crippen molar-refractivity contribution in [1.29, 1.82) is 0 Å². The molecule has 6 aromatic rings. The van der Waals surface area contributed by atoms with Crippen LogP contribution in [0.2, 0.25) is 0 Å². The average Bonchev–Trinajstić information content (AvgIpc) is 3.60. The molecule has 4 heterocycles. The number of allylic oxidation sites excluding steroid dienone is 2. The predicted molar refractivity (Wildman–Crippen MR) is 145 cm³/mol. The van der Waals surface area contributed by atoms with Crippen molar-refractivity contribution in [3.05, 3.63) is 103 Å². The van der Waals surface area contributed by atoms with Gasteiger partial charge in [0, 0.05) is 16.5 Å². The van der Waals surface area contributed by atoms with Crippen molar-refractivity contribution in [1.82, 2.24) is 14.4 Å². The Bertz CT molecular complexity index is 1960. The molecule has 0 radical (unpaired) electrons. The minimum absolute atomic E-state index is 0.00998. The highest BCUT2D eigenvalue weighted by Crippen LogP contribution is 2.37. The molecule has 0 N–H and O–H groups in total. The molecule has 0 amide bonds. The monoisotopic (exact) mass is 467 g/mol. The summed E-state index contributed by atoms with van der Waals surface area (Å²) in [7, 11) is 0. The van der Waals surface area contributed by atoms with E-state index in [0.717, 1.165) is 60.8 Å². The lowest BCUT2D eigenvalue weighted by Crippen LogP contribution is -2.11. The molecule has 0 fully saturated rings. The Kier molecular flexibility index (Phi) is 3.81. The lowest BCUT2D eigenvalue weighted by molar-refractivity contribution is 1.11. The van der Waals surface area contributed by atoms with Gasteiger partial charge in [-0.3, -0.25) is 9.39 Å². The number of hydrogen-bond donors (Lipinski definition) is 0. The number of pyridine rings is 1. The van der Waals surface area contributed by atoms with Crippen molar-refractivity contribution < 1.29 is 0 Å². The largest absolute Gasteiger partial charge is 0.281 e. The molecule has 3 aromatic carbocycles. The zero-order chi connectivity index (χ0) is 22.9. The number of rotatable bonds is 2. The molecular formula is C29H17N5S. The van der Waals surface area contributed by atoms with Crippen LogP contribution in [0, 0.1) is 0 Å². The average molecular weight is 468 g/mol. The van der Waals surface area contributed by atoms with Gasteiger partial charge in [-0.05, 0) is 30.3 Å². The van der Waals surface area contributed by atoms with E-state index in [2.05, 4.69) is 77.2 Å². The molecule has 35 heavy (non-hydrogen) atoms. The first-order valence-electron chi connectivity index (χ1n) is 11.5. The number of thiazole rings is 1. The summed E-state index contributed by atoms with van der Waals surface area (Å²) in [6.07, 6.45) is 8.15. The summed E-state index contributed by atoms with van der Waals surface area (Å²) in [5, 5.41) is 1.07. The van der Waals surface area contributed by atoms with Crippen LogP contribution >= 0.6 is 11.3 Å². The number of aliphatic imine (C=N–C) groups is 2. The summed E-state index contributed by atoms with van der Waals surface area (Å²) in [5.74, 6) is 0.763. The van der Waals surface area contributed by atoms with Gasteiger partial charge in [0.2, 0.25) is 0 Å². The summed E-state index contributed by atoms with van der Waals surface area (Å²) in [6.45, 7) is 0. The number of nitrogens with zero attached hydrogens (tertiary/aromatic N) is 5. The van der Waals surface area contributed by atoms with Crippen LogP contribution in [-0.2, 0) is 0 Å². The van der Waals surface area contributed by atoms with Crippen molar-refractivity contribution in [3.8, 4) is 11.3 Å². The SMILES string of the molecule is C1=CC2=NC(c3cccc(-c4nc5ccccc5c5nc6sc7ccccc7n6c45)c3)=NC2C=C1. The summed E-state index contributed by atoms with van der Waals surface area (Å²) < 4.78 is 3.47. The highest BCUT2D eigenvalue weighted by atomic mass is 32.1. The van der Waals surface area contributed by atoms with Gasteiger partial charge in [-0.2, -0.15) is 0 Å². The van der Waals surface area contributed by atoms with Crippen molar-refractivity contribution in [2.45, 2.75) is 6.04 Å². The molecule has 8 rings (SSSR count). The summed E-state index contributed by atoms with van der Waals surface area (Å²) in [6, 6.07) is 25.1. The maximum Gasteiger partial charge on any atom is 0.195 e. The second-order valence-electron chi connectivity index (χ2n) is 8.73. The quantitative estimate of drug-likeness (QED) is 0.288. The molecule has 6 heteroatoms. The number of aromatic nitrogens is 3. The van der Waals surface area contributed by atoms with E-state index in [1.54, 1.807) is 11.3 Å². The normalized spacial score (nSPS) is 17.0. The van der Waals surface area contributed by atoms with E-state index in [4.69, 9.17) is 20.0 Å². The van der Waals surface area contributed by atoms with Crippen LogP contribution in [0.15, 0.2) is 107 Å².